The van der Waals surface area contributed by atoms with E-state index in [-0.39, 0.29) is 11.9 Å². The molecule has 2 aromatic carbocycles. The molecule has 0 saturated carbocycles. The van der Waals surface area contributed by atoms with E-state index in [1.807, 2.05) is 25.1 Å². The van der Waals surface area contributed by atoms with E-state index < -0.39 is 0 Å². The minimum absolute atomic E-state index is 0.0270. The molecule has 2 aromatic rings. The predicted molar refractivity (Wildman–Crippen MR) is 78.9 cm³/mol. The fourth-order valence-corrected chi connectivity index (χ4v) is 1.99. The number of benzene rings is 2. The van der Waals surface area contributed by atoms with E-state index in [1.54, 1.807) is 0 Å². The molecule has 100 valence electrons. The average Bonchev–Trinajstić information content (AvgIpc) is 2.44. The standard InChI is InChI=1S/C16H20N2O/c1-2-15(17)11-18-16(19)10-12-7-8-13-5-3-4-6-14(13)9-12/h3-9,15H,2,10-11,17H2,1H3,(H,18,19). The average molecular weight is 256 g/mol. The van der Waals surface area contributed by atoms with Gasteiger partial charge >= 0.3 is 0 Å². The number of carbonyl (C=O) groups excluding carboxylic acids is 1. The van der Waals surface area contributed by atoms with Gasteiger partial charge in [0.1, 0.15) is 0 Å². The van der Waals surface area contributed by atoms with Gasteiger partial charge in [-0.15, -0.1) is 0 Å². The van der Waals surface area contributed by atoms with Crippen LogP contribution in [-0.2, 0) is 11.2 Å². The van der Waals surface area contributed by atoms with E-state index in [0.29, 0.717) is 13.0 Å². The lowest BCUT2D eigenvalue weighted by atomic mass is 10.0. The summed E-state index contributed by atoms with van der Waals surface area (Å²) >= 11 is 0. The largest absolute Gasteiger partial charge is 0.354 e. The normalized spacial score (nSPS) is 12.3. The van der Waals surface area contributed by atoms with Crippen LogP contribution in [0.25, 0.3) is 10.8 Å². The van der Waals surface area contributed by atoms with Crippen LogP contribution >= 0.6 is 0 Å². The first-order valence-electron chi connectivity index (χ1n) is 6.69. The summed E-state index contributed by atoms with van der Waals surface area (Å²) in [5.41, 5.74) is 6.80. The molecule has 1 amide bonds. The van der Waals surface area contributed by atoms with Crippen molar-refractivity contribution in [2.45, 2.75) is 25.8 Å². The molecule has 3 heteroatoms. The molecule has 0 bridgehead atoms. The molecule has 0 aliphatic carbocycles. The Morgan fingerprint density at radius 2 is 1.95 bits per heavy atom. The number of carbonyl (C=O) groups is 1. The maximum Gasteiger partial charge on any atom is 0.224 e. The summed E-state index contributed by atoms with van der Waals surface area (Å²) in [6.07, 6.45) is 1.28. The van der Waals surface area contributed by atoms with Crippen molar-refractivity contribution >= 4 is 16.7 Å². The van der Waals surface area contributed by atoms with Crippen LogP contribution in [0.1, 0.15) is 18.9 Å². The first kappa shape index (κ1) is 13.6. The third-order valence-corrected chi connectivity index (χ3v) is 3.26. The highest BCUT2D eigenvalue weighted by Gasteiger charge is 2.06. The maximum atomic E-state index is 11.8. The summed E-state index contributed by atoms with van der Waals surface area (Å²) in [5, 5.41) is 5.22. The molecule has 0 saturated heterocycles. The summed E-state index contributed by atoms with van der Waals surface area (Å²) in [4.78, 5) is 11.8. The van der Waals surface area contributed by atoms with E-state index in [0.717, 1.165) is 17.4 Å². The molecule has 0 fully saturated rings. The van der Waals surface area contributed by atoms with Gasteiger partial charge in [0.15, 0.2) is 0 Å². The highest BCUT2D eigenvalue weighted by molar-refractivity contribution is 5.85. The van der Waals surface area contributed by atoms with Crippen molar-refractivity contribution in [2.24, 2.45) is 5.73 Å². The molecular weight excluding hydrogens is 236 g/mol. The third-order valence-electron chi connectivity index (χ3n) is 3.26. The molecular formula is C16H20N2O. The molecule has 3 nitrogen and oxygen atoms in total. The number of amides is 1. The highest BCUT2D eigenvalue weighted by Crippen LogP contribution is 2.15. The molecule has 0 spiro atoms. The van der Waals surface area contributed by atoms with Crippen molar-refractivity contribution in [3.8, 4) is 0 Å². The fraction of sp³-hybridized carbons (Fsp3) is 0.312. The van der Waals surface area contributed by atoms with Crippen LogP contribution in [0.15, 0.2) is 42.5 Å². The van der Waals surface area contributed by atoms with Gasteiger partial charge in [-0.05, 0) is 22.8 Å². The van der Waals surface area contributed by atoms with Gasteiger partial charge in [-0.2, -0.15) is 0 Å². The SMILES string of the molecule is CCC(N)CNC(=O)Cc1ccc2ccccc2c1. The predicted octanol–water partition coefficient (Wildman–Crippen LogP) is 2.24. The van der Waals surface area contributed by atoms with Gasteiger partial charge in [-0.3, -0.25) is 4.79 Å². The van der Waals surface area contributed by atoms with Crippen LogP contribution in [0.2, 0.25) is 0 Å². The zero-order chi connectivity index (χ0) is 13.7. The lowest BCUT2D eigenvalue weighted by molar-refractivity contribution is -0.120. The van der Waals surface area contributed by atoms with Gasteiger partial charge in [0, 0.05) is 12.6 Å². The van der Waals surface area contributed by atoms with Crippen molar-refractivity contribution in [2.75, 3.05) is 6.54 Å². The van der Waals surface area contributed by atoms with Crippen LogP contribution in [0.4, 0.5) is 0 Å². The van der Waals surface area contributed by atoms with Gasteiger partial charge < -0.3 is 11.1 Å². The van der Waals surface area contributed by atoms with Crippen molar-refractivity contribution in [3.05, 3.63) is 48.0 Å². The Labute approximate surface area is 113 Å². The van der Waals surface area contributed by atoms with E-state index >= 15 is 0 Å². The van der Waals surface area contributed by atoms with Crippen molar-refractivity contribution in [1.29, 1.82) is 0 Å². The minimum Gasteiger partial charge on any atom is -0.354 e. The molecule has 0 radical (unpaired) electrons. The topological polar surface area (TPSA) is 55.1 Å². The molecule has 0 aromatic heterocycles. The molecule has 1 unspecified atom stereocenters. The van der Waals surface area contributed by atoms with Crippen LogP contribution in [0.3, 0.4) is 0 Å². The Bertz CT molecular complexity index is 565. The second kappa shape index (κ2) is 6.34. The molecule has 0 heterocycles. The van der Waals surface area contributed by atoms with E-state index in [4.69, 9.17) is 5.73 Å². The number of rotatable bonds is 5. The van der Waals surface area contributed by atoms with E-state index in [1.165, 1.54) is 5.39 Å². The third kappa shape index (κ3) is 3.80. The molecule has 0 aliphatic heterocycles. The Morgan fingerprint density at radius 1 is 1.21 bits per heavy atom. The van der Waals surface area contributed by atoms with Crippen molar-refractivity contribution in [1.82, 2.24) is 5.32 Å². The zero-order valence-electron chi connectivity index (χ0n) is 11.2. The van der Waals surface area contributed by atoms with Gasteiger partial charge in [-0.25, -0.2) is 0 Å². The second-order valence-electron chi connectivity index (χ2n) is 4.83. The Kier molecular flexibility index (Phi) is 4.53. The fourth-order valence-electron chi connectivity index (χ4n) is 1.99. The molecule has 3 N–H and O–H groups in total. The summed E-state index contributed by atoms with van der Waals surface area (Å²) in [6, 6.07) is 14.3. The van der Waals surface area contributed by atoms with Crippen molar-refractivity contribution in [3.63, 3.8) is 0 Å². The van der Waals surface area contributed by atoms with Gasteiger partial charge in [0.2, 0.25) is 5.91 Å². The second-order valence-corrected chi connectivity index (χ2v) is 4.83. The summed E-state index contributed by atoms with van der Waals surface area (Å²) in [7, 11) is 0. The van der Waals surface area contributed by atoms with E-state index in [2.05, 4.69) is 29.6 Å². The highest BCUT2D eigenvalue weighted by atomic mass is 16.1. The number of nitrogens with one attached hydrogen (secondary N) is 1. The molecule has 2 rings (SSSR count). The summed E-state index contributed by atoms with van der Waals surface area (Å²) in [5.74, 6) is 0.0270. The Hall–Kier alpha value is -1.87. The van der Waals surface area contributed by atoms with E-state index in [9.17, 15) is 4.79 Å². The minimum atomic E-state index is 0.0270. The molecule has 0 aliphatic rings. The zero-order valence-corrected chi connectivity index (χ0v) is 11.2. The number of nitrogens with two attached hydrogens (primary N) is 1. The summed E-state index contributed by atoms with van der Waals surface area (Å²) < 4.78 is 0. The Morgan fingerprint density at radius 3 is 2.68 bits per heavy atom. The summed E-state index contributed by atoms with van der Waals surface area (Å²) in [6.45, 7) is 2.56. The van der Waals surface area contributed by atoms with Crippen LogP contribution in [0, 0.1) is 0 Å². The Balaban J connectivity index is 1.99. The smallest absolute Gasteiger partial charge is 0.224 e. The van der Waals surface area contributed by atoms with Crippen molar-refractivity contribution < 1.29 is 4.79 Å². The molecule has 19 heavy (non-hydrogen) atoms. The van der Waals surface area contributed by atoms with Gasteiger partial charge in [-0.1, -0.05) is 49.4 Å². The lowest BCUT2D eigenvalue weighted by Gasteiger charge is -2.10. The quantitative estimate of drug-likeness (QED) is 0.862. The van der Waals surface area contributed by atoms with Gasteiger partial charge in [0.05, 0.1) is 6.42 Å². The monoisotopic (exact) mass is 256 g/mol. The molecule has 1 atom stereocenters. The first-order chi connectivity index (χ1) is 9.19. The maximum absolute atomic E-state index is 11.8. The lowest BCUT2D eigenvalue weighted by Crippen LogP contribution is -2.37. The van der Waals surface area contributed by atoms with Gasteiger partial charge in [0.25, 0.3) is 0 Å². The van der Waals surface area contributed by atoms with Crippen LogP contribution in [0.5, 0.6) is 0 Å². The van der Waals surface area contributed by atoms with Crippen LogP contribution < -0.4 is 11.1 Å². The number of fused-ring (bicyclic) bond motifs is 1. The number of hydrogen-bond acceptors (Lipinski definition) is 2. The first-order valence-corrected chi connectivity index (χ1v) is 6.69. The number of hydrogen-bond donors (Lipinski definition) is 2. The van der Waals surface area contributed by atoms with Crippen LogP contribution in [-0.4, -0.2) is 18.5 Å².